The summed E-state index contributed by atoms with van der Waals surface area (Å²) in [5, 5.41) is 8.92. The topological polar surface area (TPSA) is 92.9 Å². The summed E-state index contributed by atoms with van der Waals surface area (Å²) in [6.07, 6.45) is 1.18. The van der Waals surface area contributed by atoms with Gasteiger partial charge in [0.1, 0.15) is 0 Å². The van der Waals surface area contributed by atoms with Crippen molar-refractivity contribution in [1.82, 2.24) is 0 Å². The third-order valence-corrected chi connectivity index (χ3v) is 2.99. The maximum absolute atomic E-state index is 12.2. The van der Waals surface area contributed by atoms with Crippen LogP contribution >= 0.6 is 0 Å². The molecule has 0 aromatic heterocycles. The van der Waals surface area contributed by atoms with Gasteiger partial charge in [-0.3, -0.25) is 4.79 Å². The maximum Gasteiger partial charge on any atom is 0.335 e. The number of hydrogen-bond donors (Lipinski definition) is 2. The SMILES string of the molecule is CCCOCCC(=O)N(CC)c1ccc(C(=O)O)cc1N. The number of nitrogen functional groups attached to an aromatic ring is 1. The summed E-state index contributed by atoms with van der Waals surface area (Å²) in [5.41, 5.74) is 6.77. The van der Waals surface area contributed by atoms with E-state index in [4.69, 9.17) is 15.6 Å². The first-order valence-corrected chi connectivity index (χ1v) is 7.02. The number of nitrogens with zero attached hydrogens (tertiary/aromatic N) is 1. The van der Waals surface area contributed by atoms with Gasteiger partial charge in [-0.15, -0.1) is 0 Å². The molecule has 21 heavy (non-hydrogen) atoms. The van der Waals surface area contributed by atoms with Crippen LogP contribution in [-0.2, 0) is 9.53 Å². The second-order valence-corrected chi connectivity index (χ2v) is 4.58. The number of hydrogen-bond acceptors (Lipinski definition) is 4. The summed E-state index contributed by atoms with van der Waals surface area (Å²) in [5.74, 6) is -1.14. The molecule has 0 aliphatic heterocycles. The van der Waals surface area contributed by atoms with Crippen LogP contribution in [0, 0.1) is 0 Å². The molecule has 3 N–H and O–H groups in total. The highest BCUT2D eigenvalue weighted by Gasteiger charge is 2.17. The highest BCUT2D eigenvalue weighted by atomic mass is 16.5. The van der Waals surface area contributed by atoms with E-state index in [1.807, 2.05) is 13.8 Å². The molecule has 6 nitrogen and oxygen atoms in total. The van der Waals surface area contributed by atoms with Crippen LogP contribution in [0.1, 0.15) is 37.0 Å². The van der Waals surface area contributed by atoms with Crippen molar-refractivity contribution in [2.24, 2.45) is 0 Å². The Kier molecular flexibility index (Phi) is 6.68. The molecular weight excluding hydrogens is 272 g/mol. The van der Waals surface area contributed by atoms with E-state index in [1.165, 1.54) is 17.0 Å². The quantitative estimate of drug-likeness (QED) is 0.566. The van der Waals surface area contributed by atoms with Crippen LogP contribution in [0.5, 0.6) is 0 Å². The van der Waals surface area contributed by atoms with Crippen molar-refractivity contribution in [2.45, 2.75) is 26.7 Å². The van der Waals surface area contributed by atoms with Crippen LogP contribution in [0.25, 0.3) is 0 Å². The fraction of sp³-hybridized carbons (Fsp3) is 0.467. The van der Waals surface area contributed by atoms with Crippen molar-refractivity contribution < 1.29 is 19.4 Å². The van der Waals surface area contributed by atoms with Crippen LogP contribution < -0.4 is 10.6 Å². The number of rotatable bonds is 8. The van der Waals surface area contributed by atoms with Crippen molar-refractivity contribution in [2.75, 3.05) is 30.4 Å². The first-order valence-electron chi connectivity index (χ1n) is 7.02. The lowest BCUT2D eigenvalue weighted by Crippen LogP contribution is -2.32. The average Bonchev–Trinajstić information content (AvgIpc) is 2.45. The summed E-state index contributed by atoms with van der Waals surface area (Å²) in [4.78, 5) is 24.6. The number of carbonyl (C=O) groups excluding carboxylic acids is 1. The van der Waals surface area contributed by atoms with Gasteiger partial charge in [0.2, 0.25) is 5.91 Å². The number of aromatic carboxylic acids is 1. The Morgan fingerprint density at radius 2 is 2.00 bits per heavy atom. The molecule has 0 heterocycles. The number of carboxylic acid groups (broad SMARTS) is 1. The minimum atomic E-state index is -1.05. The lowest BCUT2D eigenvalue weighted by molar-refractivity contribution is -0.119. The zero-order chi connectivity index (χ0) is 15.8. The van der Waals surface area contributed by atoms with Gasteiger partial charge in [0.25, 0.3) is 0 Å². The molecule has 0 saturated heterocycles. The molecule has 6 heteroatoms. The van der Waals surface area contributed by atoms with Gasteiger partial charge in [-0.2, -0.15) is 0 Å². The Hall–Kier alpha value is -2.08. The molecule has 0 radical (unpaired) electrons. The van der Waals surface area contributed by atoms with Crippen LogP contribution in [0.15, 0.2) is 18.2 Å². The van der Waals surface area contributed by atoms with Crippen molar-refractivity contribution >= 4 is 23.3 Å². The molecular formula is C15H22N2O4. The van der Waals surface area contributed by atoms with Gasteiger partial charge >= 0.3 is 5.97 Å². The van der Waals surface area contributed by atoms with Gasteiger partial charge < -0.3 is 20.5 Å². The van der Waals surface area contributed by atoms with E-state index in [2.05, 4.69) is 0 Å². The van der Waals surface area contributed by atoms with Crippen LogP contribution in [0.2, 0.25) is 0 Å². The van der Waals surface area contributed by atoms with E-state index in [1.54, 1.807) is 6.07 Å². The Morgan fingerprint density at radius 1 is 1.29 bits per heavy atom. The fourth-order valence-electron chi connectivity index (χ4n) is 1.96. The molecule has 1 aromatic carbocycles. The summed E-state index contributed by atoms with van der Waals surface area (Å²) in [7, 11) is 0. The first-order chi connectivity index (χ1) is 10.0. The number of anilines is 2. The van der Waals surface area contributed by atoms with Gasteiger partial charge in [0.15, 0.2) is 0 Å². The largest absolute Gasteiger partial charge is 0.478 e. The summed E-state index contributed by atoms with van der Waals surface area (Å²) >= 11 is 0. The van der Waals surface area contributed by atoms with Gasteiger partial charge in [-0.25, -0.2) is 4.79 Å². The number of amides is 1. The predicted octanol–water partition coefficient (Wildman–Crippen LogP) is 2.14. The van der Waals surface area contributed by atoms with Crippen molar-refractivity contribution in [3.63, 3.8) is 0 Å². The number of carboxylic acids is 1. The number of nitrogens with two attached hydrogens (primary N) is 1. The molecule has 0 spiro atoms. The maximum atomic E-state index is 12.2. The zero-order valence-electron chi connectivity index (χ0n) is 12.5. The third-order valence-electron chi connectivity index (χ3n) is 2.99. The third kappa shape index (κ3) is 4.75. The van der Waals surface area contributed by atoms with Crippen LogP contribution in [0.4, 0.5) is 11.4 Å². The molecule has 0 fully saturated rings. The molecule has 1 amide bonds. The standard InChI is InChI=1S/C15H22N2O4/c1-3-8-21-9-7-14(18)17(4-2)13-6-5-11(15(19)20)10-12(13)16/h5-6,10H,3-4,7-9,16H2,1-2H3,(H,19,20). The lowest BCUT2D eigenvalue weighted by atomic mass is 10.1. The Labute approximate surface area is 124 Å². The molecule has 0 unspecified atom stereocenters. The zero-order valence-corrected chi connectivity index (χ0v) is 12.5. The van der Waals surface area contributed by atoms with Gasteiger partial charge in [0.05, 0.1) is 30.0 Å². The highest BCUT2D eigenvalue weighted by molar-refractivity contribution is 5.98. The van der Waals surface area contributed by atoms with Crippen molar-refractivity contribution in [1.29, 1.82) is 0 Å². The van der Waals surface area contributed by atoms with E-state index in [0.29, 0.717) is 25.4 Å². The molecule has 1 aromatic rings. The second-order valence-electron chi connectivity index (χ2n) is 4.58. The Bertz CT molecular complexity index is 502. The predicted molar refractivity (Wildman–Crippen MR) is 81.6 cm³/mol. The normalized spacial score (nSPS) is 10.4. The van der Waals surface area contributed by atoms with E-state index in [-0.39, 0.29) is 23.6 Å². The summed E-state index contributed by atoms with van der Waals surface area (Å²) < 4.78 is 5.31. The Balaban J connectivity index is 2.79. The van der Waals surface area contributed by atoms with E-state index in [0.717, 1.165) is 6.42 Å². The van der Waals surface area contributed by atoms with Crippen LogP contribution in [-0.4, -0.2) is 36.7 Å². The number of carbonyl (C=O) groups is 2. The number of benzene rings is 1. The fourth-order valence-corrected chi connectivity index (χ4v) is 1.96. The molecule has 1 rings (SSSR count). The van der Waals surface area contributed by atoms with Crippen molar-refractivity contribution in [3.05, 3.63) is 23.8 Å². The van der Waals surface area contributed by atoms with Gasteiger partial charge in [0, 0.05) is 13.2 Å². The lowest BCUT2D eigenvalue weighted by Gasteiger charge is -2.23. The molecule has 0 atom stereocenters. The molecule has 116 valence electrons. The van der Waals surface area contributed by atoms with Gasteiger partial charge in [-0.1, -0.05) is 6.92 Å². The minimum absolute atomic E-state index is 0.0941. The van der Waals surface area contributed by atoms with E-state index in [9.17, 15) is 9.59 Å². The van der Waals surface area contributed by atoms with Gasteiger partial charge in [-0.05, 0) is 31.5 Å². The van der Waals surface area contributed by atoms with E-state index < -0.39 is 5.97 Å². The van der Waals surface area contributed by atoms with Crippen molar-refractivity contribution in [3.8, 4) is 0 Å². The molecule has 0 aliphatic rings. The smallest absolute Gasteiger partial charge is 0.335 e. The molecule has 0 bridgehead atoms. The Morgan fingerprint density at radius 3 is 2.52 bits per heavy atom. The highest BCUT2D eigenvalue weighted by Crippen LogP contribution is 2.25. The van der Waals surface area contributed by atoms with Crippen LogP contribution in [0.3, 0.4) is 0 Å². The summed E-state index contributed by atoms with van der Waals surface area (Å²) in [6.45, 7) is 5.31. The molecule has 0 saturated carbocycles. The average molecular weight is 294 g/mol. The first kappa shape index (κ1) is 17.0. The summed E-state index contributed by atoms with van der Waals surface area (Å²) in [6, 6.07) is 4.37. The number of ether oxygens (including phenoxy) is 1. The monoisotopic (exact) mass is 294 g/mol. The molecule has 0 aliphatic carbocycles. The van der Waals surface area contributed by atoms with E-state index >= 15 is 0 Å². The second kappa shape index (κ2) is 8.26. The minimum Gasteiger partial charge on any atom is -0.478 e.